The van der Waals surface area contributed by atoms with Gasteiger partial charge in [0.25, 0.3) is 5.91 Å². The van der Waals surface area contributed by atoms with E-state index < -0.39 is 0 Å². The molecule has 1 amide bonds. The van der Waals surface area contributed by atoms with Crippen molar-refractivity contribution in [3.63, 3.8) is 0 Å². The molecule has 3 heterocycles. The maximum Gasteiger partial charge on any atom is 0.265 e. The highest BCUT2D eigenvalue weighted by Gasteiger charge is 2.26. The Kier molecular flexibility index (Phi) is 5.46. The number of amides is 1. The quantitative estimate of drug-likeness (QED) is 0.822. The van der Waals surface area contributed by atoms with Gasteiger partial charge in [-0.15, -0.1) is 11.3 Å². The average molecular weight is 375 g/mol. The summed E-state index contributed by atoms with van der Waals surface area (Å²) in [6.07, 6.45) is 1.72. The molecule has 0 N–H and O–H groups in total. The van der Waals surface area contributed by atoms with Crippen molar-refractivity contribution in [2.75, 3.05) is 37.7 Å². The Balaban J connectivity index is 1.62. The Bertz CT molecular complexity index is 761. The van der Waals surface area contributed by atoms with Crippen LogP contribution in [0.5, 0.6) is 5.88 Å². The Morgan fingerprint density at radius 2 is 1.96 bits per heavy atom. The van der Waals surface area contributed by atoms with Crippen molar-refractivity contribution in [2.45, 2.75) is 33.1 Å². The zero-order chi connectivity index (χ0) is 18.7. The number of carbonyl (C=O) groups is 1. The van der Waals surface area contributed by atoms with Crippen LogP contribution in [0.25, 0.3) is 0 Å². The predicted molar refractivity (Wildman–Crippen MR) is 104 cm³/mol. The number of piperazine rings is 1. The maximum atomic E-state index is 12.8. The van der Waals surface area contributed by atoms with Gasteiger partial charge in [-0.1, -0.05) is 26.8 Å². The van der Waals surface area contributed by atoms with Crippen LogP contribution >= 0.6 is 11.3 Å². The lowest BCUT2D eigenvalue weighted by Crippen LogP contribution is -2.48. The van der Waals surface area contributed by atoms with E-state index in [-0.39, 0.29) is 11.3 Å². The topological polar surface area (TPSA) is 58.6 Å². The summed E-state index contributed by atoms with van der Waals surface area (Å²) < 4.78 is 5.48. The minimum atomic E-state index is -0.0286. The molecule has 6 nitrogen and oxygen atoms in total. The Hall–Kier alpha value is -2.15. The molecule has 2 aromatic heterocycles. The summed E-state index contributed by atoms with van der Waals surface area (Å²) in [5, 5.41) is 0.997. The summed E-state index contributed by atoms with van der Waals surface area (Å²) in [4.78, 5) is 26.6. The molecule has 0 bridgehead atoms. The van der Waals surface area contributed by atoms with Gasteiger partial charge in [-0.25, -0.2) is 4.98 Å². The summed E-state index contributed by atoms with van der Waals surface area (Å²) >= 11 is 1.50. The van der Waals surface area contributed by atoms with E-state index in [1.165, 1.54) is 11.3 Å². The number of aromatic nitrogens is 2. The molecule has 1 fully saturated rings. The van der Waals surface area contributed by atoms with Gasteiger partial charge in [0.15, 0.2) is 0 Å². The van der Waals surface area contributed by atoms with Gasteiger partial charge in [0.05, 0.1) is 17.8 Å². The Morgan fingerprint density at radius 1 is 1.23 bits per heavy atom. The summed E-state index contributed by atoms with van der Waals surface area (Å²) in [6, 6.07) is 5.80. The fourth-order valence-corrected chi connectivity index (χ4v) is 3.76. The van der Waals surface area contributed by atoms with Crippen LogP contribution in [0.2, 0.25) is 0 Å². The monoisotopic (exact) mass is 374 g/mol. The maximum absolute atomic E-state index is 12.8. The molecular formula is C19H26N4O2S. The van der Waals surface area contributed by atoms with E-state index in [9.17, 15) is 4.79 Å². The second kappa shape index (κ2) is 7.61. The van der Waals surface area contributed by atoms with E-state index in [2.05, 4.69) is 35.6 Å². The van der Waals surface area contributed by atoms with E-state index in [0.29, 0.717) is 25.6 Å². The first-order chi connectivity index (χ1) is 12.4. The van der Waals surface area contributed by atoms with Crippen molar-refractivity contribution in [1.29, 1.82) is 0 Å². The fraction of sp³-hybridized carbons (Fsp3) is 0.526. The number of nitrogens with zero attached hydrogens (tertiary/aromatic N) is 4. The lowest BCUT2D eigenvalue weighted by Gasteiger charge is -2.35. The van der Waals surface area contributed by atoms with Gasteiger partial charge in [-0.2, -0.15) is 4.98 Å². The number of ether oxygens (including phenoxy) is 1. The molecule has 26 heavy (non-hydrogen) atoms. The minimum Gasteiger partial charge on any atom is -0.478 e. The van der Waals surface area contributed by atoms with Crippen molar-refractivity contribution in [2.24, 2.45) is 0 Å². The lowest BCUT2D eigenvalue weighted by atomic mass is 9.98. The third-order valence-electron chi connectivity index (χ3n) is 4.25. The summed E-state index contributed by atoms with van der Waals surface area (Å²) in [5.41, 5.74) is -0.0286. The number of anilines is 1. The molecule has 0 radical (unpaired) electrons. The van der Waals surface area contributed by atoms with Crippen LogP contribution < -0.4 is 9.64 Å². The molecule has 0 aliphatic carbocycles. The summed E-state index contributed by atoms with van der Waals surface area (Å²) in [5.74, 6) is 1.62. The lowest BCUT2D eigenvalue weighted by molar-refractivity contribution is 0.0751. The Morgan fingerprint density at radius 3 is 2.58 bits per heavy atom. The fourth-order valence-electron chi connectivity index (χ4n) is 2.82. The van der Waals surface area contributed by atoms with Crippen molar-refractivity contribution in [3.05, 3.63) is 34.3 Å². The number of thiazole rings is 1. The number of hydrogen-bond donors (Lipinski definition) is 0. The van der Waals surface area contributed by atoms with Gasteiger partial charge in [-0.3, -0.25) is 4.79 Å². The van der Waals surface area contributed by atoms with E-state index in [1.54, 1.807) is 6.20 Å². The third kappa shape index (κ3) is 4.15. The van der Waals surface area contributed by atoms with Gasteiger partial charge in [0.1, 0.15) is 10.7 Å². The second-order valence-electron chi connectivity index (χ2n) is 7.33. The van der Waals surface area contributed by atoms with Crippen LogP contribution in [0.1, 0.15) is 42.4 Å². The molecule has 0 spiro atoms. The van der Waals surface area contributed by atoms with Gasteiger partial charge in [-0.05, 0) is 13.0 Å². The number of hydrogen-bond acceptors (Lipinski definition) is 6. The molecule has 1 saturated heterocycles. The first kappa shape index (κ1) is 18.6. The SMILES string of the molecule is CCOc1cccc(N2CCN(C(=O)c3cnc(C(C)(C)C)s3)CC2)n1. The van der Waals surface area contributed by atoms with Gasteiger partial charge >= 0.3 is 0 Å². The zero-order valence-corrected chi connectivity index (χ0v) is 16.7. The van der Waals surface area contributed by atoms with Crippen LogP contribution in [-0.4, -0.2) is 53.6 Å². The number of rotatable bonds is 4. The highest BCUT2D eigenvalue weighted by molar-refractivity contribution is 7.13. The molecule has 3 rings (SSSR count). The second-order valence-corrected chi connectivity index (χ2v) is 8.36. The highest BCUT2D eigenvalue weighted by atomic mass is 32.1. The molecule has 0 saturated carbocycles. The van der Waals surface area contributed by atoms with E-state index in [1.807, 2.05) is 30.0 Å². The predicted octanol–water partition coefficient (Wildman–Crippen LogP) is 3.20. The van der Waals surface area contributed by atoms with Crippen LogP contribution in [0.3, 0.4) is 0 Å². The first-order valence-electron chi connectivity index (χ1n) is 8.99. The molecule has 0 aromatic carbocycles. The number of carbonyl (C=O) groups excluding carboxylic acids is 1. The average Bonchev–Trinajstić information content (AvgIpc) is 3.12. The van der Waals surface area contributed by atoms with Crippen molar-refractivity contribution >= 4 is 23.1 Å². The third-order valence-corrected chi connectivity index (χ3v) is 5.66. The molecular weight excluding hydrogens is 348 g/mol. The molecule has 7 heteroatoms. The van der Waals surface area contributed by atoms with Gasteiger partial charge in [0.2, 0.25) is 5.88 Å². The largest absolute Gasteiger partial charge is 0.478 e. The first-order valence-corrected chi connectivity index (χ1v) is 9.80. The molecule has 0 unspecified atom stereocenters. The van der Waals surface area contributed by atoms with Crippen LogP contribution in [0.15, 0.2) is 24.4 Å². The van der Waals surface area contributed by atoms with E-state index in [0.717, 1.165) is 28.8 Å². The van der Waals surface area contributed by atoms with E-state index in [4.69, 9.17) is 4.74 Å². The van der Waals surface area contributed by atoms with Gasteiger partial charge in [0, 0.05) is 37.7 Å². The molecule has 2 aromatic rings. The standard InChI is InChI=1S/C19H26N4O2S/c1-5-25-16-8-6-7-15(21-16)22-9-11-23(12-10-22)17(24)14-13-20-18(26-14)19(2,3)4/h6-8,13H,5,9-12H2,1-4H3. The van der Waals surface area contributed by atoms with Crippen LogP contribution in [0.4, 0.5) is 5.82 Å². The summed E-state index contributed by atoms with van der Waals surface area (Å²) in [7, 11) is 0. The Labute approximate surface area is 158 Å². The normalized spacial score (nSPS) is 15.2. The smallest absolute Gasteiger partial charge is 0.265 e. The molecule has 1 aliphatic rings. The minimum absolute atomic E-state index is 0.0286. The molecule has 1 aliphatic heterocycles. The van der Waals surface area contributed by atoms with Crippen LogP contribution in [-0.2, 0) is 5.41 Å². The zero-order valence-electron chi connectivity index (χ0n) is 15.9. The molecule has 140 valence electrons. The van der Waals surface area contributed by atoms with Crippen molar-refractivity contribution < 1.29 is 9.53 Å². The van der Waals surface area contributed by atoms with E-state index >= 15 is 0 Å². The van der Waals surface area contributed by atoms with Crippen molar-refractivity contribution in [3.8, 4) is 5.88 Å². The van der Waals surface area contributed by atoms with Gasteiger partial charge < -0.3 is 14.5 Å². The highest BCUT2D eigenvalue weighted by Crippen LogP contribution is 2.28. The van der Waals surface area contributed by atoms with Crippen molar-refractivity contribution in [1.82, 2.24) is 14.9 Å². The molecule has 0 atom stereocenters. The van der Waals surface area contributed by atoms with Crippen LogP contribution in [0, 0.1) is 0 Å². The number of pyridine rings is 1. The summed E-state index contributed by atoms with van der Waals surface area (Å²) in [6.45, 7) is 11.8.